The minimum atomic E-state index is 0.00671. The number of halogens is 2. The molecule has 0 spiro atoms. The number of benzene rings is 4. The first-order valence-electron chi connectivity index (χ1n) is 20.9. The number of nitrogens with zero attached hydrogens (tertiary/aromatic N) is 3. The number of hydrogen-bond acceptors (Lipinski definition) is 7. The highest BCUT2D eigenvalue weighted by atomic mass is 79.9. The fourth-order valence-corrected chi connectivity index (χ4v) is 7.01. The lowest BCUT2D eigenvalue weighted by Gasteiger charge is -2.30. The number of rotatable bonds is 14. The standard InChI is InChI=1S/C23H31BrN2O.C14H23BrN2.C8H7NO.C4H8O/c1-16(2)14-26(15-17(3)4)22-11-10-20(24)13-21(22)25-23(27)12-19-8-6-18(5)7-9-19;1-10(2)8-17(9-11(3)4)14-6-5-12(15)7-13(14)16;1-7-2-4-8(5-3-7)9-6-10;1-2-4-5-3-1/h6-11,13,16-17H,12,14-15H2,1-5H3,(H,25,27);5-7,10-11H,8-9,16H2,1-4H3;2-5H,1H3;1-4H2. The van der Waals surface area contributed by atoms with Gasteiger partial charge in [0.25, 0.3) is 0 Å². The highest BCUT2D eigenvalue weighted by Gasteiger charge is 2.17. The van der Waals surface area contributed by atoms with Crippen LogP contribution >= 0.6 is 31.9 Å². The molecule has 1 saturated heterocycles. The number of aliphatic imine (C=N–C) groups is 1. The molecule has 0 aromatic heterocycles. The number of carbonyl (C=O) groups excluding carboxylic acids is 2. The van der Waals surface area contributed by atoms with Crippen LogP contribution in [-0.4, -0.2) is 51.4 Å². The lowest BCUT2D eigenvalue weighted by molar-refractivity contribution is -0.115. The van der Waals surface area contributed by atoms with E-state index < -0.39 is 0 Å². The van der Waals surface area contributed by atoms with Gasteiger partial charge in [-0.15, -0.1) is 0 Å². The van der Waals surface area contributed by atoms with Gasteiger partial charge < -0.3 is 25.6 Å². The molecule has 10 heteroatoms. The van der Waals surface area contributed by atoms with E-state index in [1.807, 2.05) is 61.5 Å². The summed E-state index contributed by atoms with van der Waals surface area (Å²) in [6.45, 7) is 27.9. The highest BCUT2D eigenvalue weighted by molar-refractivity contribution is 9.10. The second kappa shape index (κ2) is 27.7. The molecule has 8 nitrogen and oxygen atoms in total. The maximum absolute atomic E-state index is 12.7. The van der Waals surface area contributed by atoms with Crippen molar-refractivity contribution in [1.82, 2.24) is 0 Å². The van der Waals surface area contributed by atoms with Gasteiger partial charge in [-0.2, -0.15) is 4.99 Å². The molecule has 1 heterocycles. The molecule has 1 amide bonds. The van der Waals surface area contributed by atoms with Crippen LogP contribution in [0.15, 0.2) is 98.9 Å². The molecule has 0 aliphatic carbocycles. The van der Waals surface area contributed by atoms with E-state index in [-0.39, 0.29) is 5.91 Å². The van der Waals surface area contributed by atoms with Crippen molar-refractivity contribution in [2.75, 3.05) is 60.2 Å². The Labute approximate surface area is 372 Å². The van der Waals surface area contributed by atoms with Gasteiger partial charge >= 0.3 is 0 Å². The van der Waals surface area contributed by atoms with E-state index in [4.69, 9.17) is 10.5 Å². The van der Waals surface area contributed by atoms with Crippen molar-refractivity contribution >= 4 is 72.3 Å². The smallest absolute Gasteiger partial charge is 0.240 e. The summed E-state index contributed by atoms with van der Waals surface area (Å²) in [5, 5.41) is 3.13. The first kappa shape index (κ1) is 51.2. The molecule has 4 aromatic rings. The van der Waals surface area contributed by atoms with Gasteiger partial charge in [-0.1, -0.05) is 135 Å². The number of isocyanates is 1. The third-order valence-corrected chi connectivity index (χ3v) is 9.75. The normalized spacial score (nSPS) is 11.8. The van der Waals surface area contributed by atoms with Gasteiger partial charge in [0.05, 0.1) is 34.9 Å². The van der Waals surface area contributed by atoms with E-state index >= 15 is 0 Å². The maximum atomic E-state index is 12.7. The SMILES string of the molecule is C1CCOC1.CC(C)CN(CC(C)C)c1ccc(Br)cc1N.Cc1ccc(CC(=O)Nc2cc(Br)ccc2N(CC(C)C)CC(C)C)cc1.Cc1ccc(N=C=O)cc1. The van der Waals surface area contributed by atoms with Gasteiger partial charge in [-0.05, 0) is 104 Å². The Morgan fingerprint density at radius 2 is 1.14 bits per heavy atom. The fourth-order valence-electron chi connectivity index (χ4n) is 6.27. The monoisotopic (exact) mass is 933 g/mol. The Morgan fingerprint density at radius 1 is 0.695 bits per heavy atom. The topological polar surface area (TPSA) is 100 Å². The van der Waals surface area contributed by atoms with Crippen LogP contribution in [0.2, 0.25) is 0 Å². The average Bonchev–Trinajstić information content (AvgIpc) is 3.74. The van der Waals surface area contributed by atoms with Crippen LogP contribution in [0.4, 0.5) is 28.4 Å². The fraction of sp³-hybridized carbons (Fsp3) is 0.469. The van der Waals surface area contributed by atoms with Crippen molar-refractivity contribution in [1.29, 1.82) is 0 Å². The van der Waals surface area contributed by atoms with E-state index in [9.17, 15) is 9.59 Å². The number of nitrogens with two attached hydrogens (primary N) is 1. The van der Waals surface area contributed by atoms with Crippen molar-refractivity contribution in [2.45, 2.75) is 88.5 Å². The largest absolute Gasteiger partial charge is 0.397 e. The lowest BCUT2D eigenvalue weighted by Crippen LogP contribution is -2.32. The summed E-state index contributed by atoms with van der Waals surface area (Å²) in [4.78, 5) is 30.6. The van der Waals surface area contributed by atoms with Crippen molar-refractivity contribution < 1.29 is 14.3 Å². The van der Waals surface area contributed by atoms with Crippen LogP contribution in [0, 0.1) is 37.5 Å². The molecule has 0 unspecified atom stereocenters. The van der Waals surface area contributed by atoms with Crippen LogP contribution in [-0.2, 0) is 20.7 Å². The number of carbonyl (C=O) groups is 1. The number of hydrogen-bond donors (Lipinski definition) is 2. The summed E-state index contributed by atoms with van der Waals surface area (Å²) in [5.41, 5.74) is 14.1. The molecule has 3 N–H and O–H groups in total. The molecule has 0 atom stereocenters. The molecular weight excluding hydrogens is 866 g/mol. The Kier molecular flexibility index (Phi) is 24.1. The number of nitrogen functional groups attached to an aromatic ring is 1. The predicted octanol–water partition coefficient (Wildman–Crippen LogP) is 13.0. The third kappa shape index (κ3) is 21.8. The zero-order valence-electron chi connectivity index (χ0n) is 37.2. The second-order valence-corrected chi connectivity index (χ2v) is 18.6. The first-order chi connectivity index (χ1) is 28.0. The Balaban J connectivity index is 0.000000315. The summed E-state index contributed by atoms with van der Waals surface area (Å²) < 4.78 is 6.94. The van der Waals surface area contributed by atoms with Gasteiger partial charge in [0, 0.05) is 48.3 Å². The molecule has 0 saturated carbocycles. The van der Waals surface area contributed by atoms with Gasteiger partial charge in [-0.3, -0.25) is 4.79 Å². The van der Waals surface area contributed by atoms with Gasteiger partial charge in [0.1, 0.15) is 0 Å². The Bertz CT molecular complexity index is 1830. The van der Waals surface area contributed by atoms with Crippen molar-refractivity contribution in [3.8, 4) is 0 Å². The molecule has 1 aliphatic rings. The lowest BCUT2D eigenvalue weighted by atomic mass is 10.1. The summed E-state index contributed by atoms with van der Waals surface area (Å²) in [7, 11) is 0. The molecule has 5 rings (SSSR count). The zero-order chi connectivity index (χ0) is 43.9. The molecule has 1 fully saturated rings. The maximum Gasteiger partial charge on any atom is 0.240 e. The van der Waals surface area contributed by atoms with Crippen LogP contribution in [0.1, 0.15) is 84.9 Å². The summed E-state index contributed by atoms with van der Waals surface area (Å²) >= 11 is 6.99. The molecule has 59 heavy (non-hydrogen) atoms. The molecule has 322 valence electrons. The first-order valence-corrected chi connectivity index (χ1v) is 22.5. The van der Waals surface area contributed by atoms with Crippen LogP contribution in [0.25, 0.3) is 0 Å². The quantitative estimate of drug-likeness (QED) is 0.0742. The van der Waals surface area contributed by atoms with Gasteiger partial charge in [0.2, 0.25) is 12.0 Å². The molecule has 4 aromatic carbocycles. The van der Waals surface area contributed by atoms with E-state index in [0.717, 1.165) is 82.2 Å². The average molecular weight is 936 g/mol. The summed E-state index contributed by atoms with van der Waals surface area (Å²) in [6.07, 6.45) is 4.41. The number of amides is 1. The van der Waals surface area contributed by atoms with E-state index in [1.54, 1.807) is 12.1 Å². The molecule has 1 aliphatic heterocycles. The predicted molar refractivity (Wildman–Crippen MR) is 259 cm³/mol. The van der Waals surface area contributed by atoms with Crippen molar-refractivity contribution in [3.05, 3.63) is 111 Å². The van der Waals surface area contributed by atoms with Gasteiger partial charge in [-0.25, -0.2) is 4.79 Å². The van der Waals surface area contributed by atoms with Crippen molar-refractivity contribution in [2.24, 2.45) is 28.7 Å². The van der Waals surface area contributed by atoms with E-state index in [0.29, 0.717) is 35.8 Å². The summed E-state index contributed by atoms with van der Waals surface area (Å²) in [5.74, 6) is 2.37. The highest BCUT2D eigenvalue weighted by Crippen LogP contribution is 2.31. The summed E-state index contributed by atoms with van der Waals surface area (Å²) in [6, 6.07) is 27.7. The third-order valence-electron chi connectivity index (χ3n) is 8.77. The van der Waals surface area contributed by atoms with E-state index in [2.05, 4.69) is 132 Å². The molecule has 0 radical (unpaired) electrons. The van der Waals surface area contributed by atoms with E-state index in [1.165, 1.54) is 24.5 Å². The number of ether oxygens (including phenoxy) is 1. The van der Waals surface area contributed by atoms with Crippen molar-refractivity contribution in [3.63, 3.8) is 0 Å². The number of nitrogens with one attached hydrogen (secondary N) is 1. The molecule has 0 bridgehead atoms. The number of aryl methyl sites for hydroxylation is 2. The number of anilines is 4. The minimum Gasteiger partial charge on any atom is -0.397 e. The van der Waals surface area contributed by atoms with Crippen LogP contribution in [0.5, 0.6) is 0 Å². The Morgan fingerprint density at radius 3 is 1.56 bits per heavy atom. The Hall–Kier alpha value is -3.95. The van der Waals surface area contributed by atoms with Crippen LogP contribution < -0.4 is 20.9 Å². The minimum absolute atomic E-state index is 0.00671. The zero-order valence-corrected chi connectivity index (χ0v) is 40.3. The molecular formula is C49H69Br2N5O3. The van der Waals surface area contributed by atoms with Gasteiger partial charge in [0.15, 0.2) is 0 Å². The van der Waals surface area contributed by atoms with Crippen LogP contribution in [0.3, 0.4) is 0 Å². The second-order valence-electron chi connectivity index (χ2n) is 16.8.